The van der Waals surface area contributed by atoms with E-state index in [0.717, 1.165) is 49.2 Å². The molecule has 0 saturated carbocycles. The first-order valence-electron chi connectivity index (χ1n) is 7.92. The molecule has 4 rings (SSSR count). The van der Waals surface area contributed by atoms with Gasteiger partial charge in [0.05, 0.1) is 17.5 Å². The summed E-state index contributed by atoms with van der Waals surface area (Å²) in [6.07, 6.45) is 3.67. The normalized spacial score (nSPS) is 14.8. The van der Waals surface area contributed by atoms with E-state index in [2.05, 4.69) is 30.9 Å². The van der Waals surface area contributed by atoms with Gasteiger partial charge in [0, 0.05) is 32.4 Å². The van der Waals surface area contributed by atoms with Gasteiger partial charge < -0.3 is 9.80 Å². The molecule has 7 nitrogen and oxygen atoms in total. The zero-order valence-electron chi connectivity index (χ0n) is 13.4. The number of fused-ring (bicyclic) bond motifs is 1. The maximum atomic E-state index is 9.24. The van der Waals surface area contributed by atoms with Gasteiger partial charge in [-0.05, 0) is 31.2 Å². The third-order valence-electron chi connectivity index (χ3n) is 4.24. The Balaban J connectivity index is 1.52. The molecule has 1 aliphatic heterocycles. The van der Waals surface area contributed by atoms with Crippen LogP contribution in [0, 0.1) is 18.3 Å². The van der Waals surface area contributed by atoms with Crippen molar-refractivity contribution in [3.8, 4) is 6.07 Å². The van der Waals surface area contributed by atoms with Crippen molar-refractivity contribution in [2.75, 3.05) is 36.0 Å². The van der Waals surface area contributed by atoms with Crippen LogP contribution in [0.2, 0.25) is 0 Å². The predicted octanol–water partition coefficient (Wildman–Crippen LogP) is 1.63. The zero-order chi connectivity index (χ0) is 16.5. The number of hydrogen-bond acceptors (Lipinski definition) is 6. The summed E-state index contributed by atoms with van der Waals surface area (Å²) in [6, 6.07) is 9.83. The van der Waals surface area contributed by atoms with Crippen molar-refractivity contribution in [2.45, 2.75) is 6.92 Å². The Hall–Kier alpha value is -3.14. The zero-order valence-corrected chi connectivity index (χ0v) is 13.4. The Morgan fingerprint density at radius 1 is 1.08 bits per heavy atom. The van der Waals surface area contributed by atoms with Gasteiger partial charge in [-0.25, -0.2) is 14.5 Å². The number of aryl methyl sites for hydroxylation is 1. The molecular formula is C17H17N7. The molecule has 3 aromatic heterocycles. The molecule has 0 radical (unpaired) electrons. The Labute approximate surface area is 139 Å². The first kappa shape index (κ1) is 14.5. The standard InChI is InChI=1S/C17H17N7/c1-13-12-24-15(20-13)4-5-16(21-24)22-7-9-23(10-8-22)17-14(11-18)3-2-6-19-17/h2-6,12H,7-10H2,1H3. The predicted molar refractivity (Wildman–Crippen MR) is 91.1 cm³/mol. The van der Waals surface area contributed by atoms with E-state index in [1.807, 2.05) is 35.8 Å². The Morgan fingerprint density at radius 2 is 1.88 bits per heavy atom. The summed E-state index contributed by atoms with van der Waals surface area (Å²) in [5, 5.41) is 13.9. The van der Waals surface area contributed by atoms with Gasteiger partial charge in [-0.2, -0.15) is 5.26 Å². The van der Waals surface area contributed by atoms with Crippen LogP contribution < -0.4 is 9.80 Å². The van der Waals surface area contributed by atoms with Crippen LogP contribution in [0.1, 0.15) is 11.3 Å². The molecule has 1 saturated heterocycles. The number of pyridine rings is 1. The minimum atomic E-state index is 0.624. The fourth-order valence-corrected chi connectivity index (χ4v) is 3.04. The maximum Gasteiger partial charge on any atom is 0.153 e. The fourth-order valence-electron chi connectivity index (χ4n) is 3.04. The highest BCUT2D eigenvalue weighted by molar-refractivity contribution is 5.55. The van der Waals surface area contributed by atoms with Crippen molar-refractivity contribution in [1.29, 1.82) is 5.26 Å². The van der Waals surface area contributed by atoms with Gasteiger partial charge >= 0.3 is 0 Å². The summed E-state index contributed by atoms with van der Waals surface area (Å²) in [7, 11) is 0. The Kier molecular flexibility index (Phi) is 3.50. The molecule has 0 aliphatic carbocycles. The number of rotatable bonds is 2. The highest BCUT2D eigenvalue weighted by Gasteiger charge is 2.21. The van der Waals surface area contributed by atoms with Crippen LogP contribution in [0.15, 0.2) is 36.7 Å². The first-order valence-corrected chi connectivity index (χ1v) is 7.92. The second kappa shape index (κ2) is 5.81. The third kappa shape index (κ3) is 2.52. The molecule has 4 heterocycles. The SMILES string of the molecule is Cc1cn2nc(N3CCN(c4ncccc4C#N)CC3)ccc2n1. The number of aromatic nitrogens is 4. The van der Waals surface area contributed by atoms with Crippen LogP contribution in [-0.2, 0) is 0 Å². The molecule has 24 heavy (non-hydrogen) atoms. The van der Waals surface area contributed by atoms with E-state index in [1.54, 1.807) is 12.3 Å². The van der Waals surface area contributed by atoms with Crippen LogP contribution in [0.25, 0.3) is 5.65 Å². The van der Waals surface area contributed by atoms with Crippen molar-refractivity contribution in [1.82, 2.24) is 19.6 Å². The van der Waals surface area contributed by atoms with Gasteiger partial charge in [-0.15, -0.1) is 5.10 Å². The summed E-state index contributed by atoms with van der Waals surface area (Å²) in [6.45, 7) is 5.27. The molecule has 0 unspecified atom stereocenters. The van der Waals surface area contributed by atoms with E-state index in [0.29, 0.717) is 5.56 Å². The van der Waals surface area contributed by atoms with E-state index in [1.165, 1.54) is 0 Å². The number of anilines is 2. The summed E-state index contributed by atoms with van der Waals surface area (Å²) in [4.78, 5) is 13.2. The number of nitriles is 1. The maximum absolute atomic E-state index is 9.24. The van der Waals surface area contributed by atoms with Crippen molar-refractivity contribution >= 4 is 17.3 Å². The van der Waals surface area contributed by atoms with Gasteiger partial charge in [0.25, 0.3) is 0 Å². The Morgan fingerprint density at radius 3 is 2.67 bits per heavy atom. The molecule has 0 bridgehead atoms. The minimum absolute atomic E-state index is 0.624. The van der Waals surface area contributed by atoms with Crippen LogP contribution in [0.5, 0.6) is 0 Å². The average Bonchev–Trinajstić information content (AvgIpc) is 3.01. The molecule has 0 amide bonds. The molecule has 0 aromatic carbocycles. The first-order chi connectivity index (χ1) is 11.7. The van der Waals surface area contributed by atoms with Crippen molar-refractivity contribution in [3.05, 3.63) is 47.9 Å². The van der Waals surface area contributed by atoms with Crippen LogP contribution in [-0.4, -0.2) is 45.8 Å². The number of imidazole rings is 1. The van der Waals surface area contributed by atoms with Crippen LogP contribution in [0.4, 0.5) is 11.6 Å². The number of piperazine rings is 1. The number of nitrogens with zero attached hydrogens (tertiary/aromatic N) is 7. The van der Waals surface area contributed by atoms with Gasteiger partial charge in [0.15, 0.2) is 5.65 Å². The van der Waals surface area contributed by atoms with Gasteiger partial charge in [0.2, 0.25) is 0 Å². The van der Waals surface area contributed by atoms with E-state index < -0.39 is 0 Å². The number of hydrogen-bond donors (Lipinski definition) is 0. The molecule has 3 aromatic rings. The fraction of sp³-hybridized carbons (Fsp3) is 0.294. The second-order valence-electron chi connectivity index (χ2n) is 5.84. The molecule has 0 N–H and O–H groups in total. The molecule has 1 aliphatic rings. The molecule has 0 atom stereocenters. The lowest BCUT2D eigenvalue weighted by molar-refractivity contribution is 0.636. The largest absolute Gasteiger partial charge is 0.352 e. The topological polar surface area (TPSA) is 73.3 Å². The lowest BCUT2D eigenvalue weighted by Gasteiger charge is -2.36. The summed E-state index contributed by atoms with van der Waals surface area (Å²) in [5.74, 6) is 1.72. The lowest BCUT2D eigenvalue weighted by atomic mass is 10.2. The van der Waals surface area contributed by atoms with Gasteiger partial charge in [-0.3, -0.25) is 0 Å². The third-order valence-corrected chi connectivity index (χ3v) is 4.24. The van der Waals surface area contributed by atoms with Crippen molar-refractivity contribution in [2.24, 2.45) is 0 Å². The quantitative estimate of drug-likeness (QED) is 0.715. The van der Waals surface area contributed by atoms with E-state index in [4.69, 9.17) is 0 Å². The van der Waals surface area contributed by atoms with E-state index in [-0.39, 0.29) is 0 Å². The summed E-state index contributed by atoms with van der Waals surface area (Å²) >= 11 is 0. The summed E-state index contributed by atoms with van der Waals surface area (Å²) in [5.41, 5.74) is 2.45. The molecular weight excluding hydrogens is 302 g/mol. The summed E-state index contributed by atoms with van der Waals surface area (Å²) < 4.78 is 1.82. The second-order valence-corrected chi connectivity index (χ2v) is 5.84. The molecule has 120 valence electrons. The average molecular weight is 319 g/mol. The van der Waals surface area contributed by atoms with Crippen LogP contribution >= 0.6 is 0 Å². The van der Waals surface area contributed by atoms with Crippen molar-refractivity contribution in [3.63, 3.8) is 0 Å². The minimum Gasteiger partial charge on any atom is -0.352 e. The highest BCUT2D eigenvalue weighted by atomic mass is 15.4. The van der Waals surface area contributed by atoms with Gasteiger partial charge in [0.1, 0.15) is 17.7 Å². The van der Waals surface area contributed by atoms with Crippen LogP contribution in [0.3, 0.4) is 0 Å². The van der Waals surface area contributed by atoms with E-state index >= 15 is 0 Å². The lowest BCUT2D eigenvalue weighted by Crippen LogP contribution is -2.47. The molecule has 0 spiro atoms. The smallest absolute Gasteiger partial charge is 0.153 e. The van der Waals surface area contributed by atoms with Crippen molar-refractivity contribution < 1.29 is 0 Å². The highest BCUT2D eigenvalue weighted by Crippen LogP contribution is 2.20. The van der Waals surface area contributed by atoms with Gasteiger partial charge in [-0.1, -0.05) is 0 Å². The Bertz CT molecular complexity index is 916. The molecule has 1 fully saturated rings. The monoisotopic (exact) mass is 319 g/mol. The van der Waals surface area contributed by atoms with E-state index in [9.17, 15) is 5.26 Å². The molecule has 7 heteroatoms.